The van der Waals surface area contributed by atoms with Gasteiger partial charge in [0.05, 0.1) is 11.0 Å². The lowest BCUT2D eigenvalue weighted by molar-refractivity contribution is -0.121. The van der Waals surface area contributed by atoms with E-state index in [1.54, 1.807) is 27.7 Å². The molecule has 3 N–H and O–H groups in total. The van der Waals surface area contributed by atoms with Gasteiger partial charge in [-0.05, 0) is 48.7 Å². The molecule has 0 saturated carbocycles. The summed E-state index contributed by atoms with van der Waals surface area (Å²) in [5.74, 6) is 1.89. The Morgan fingerprint density at radius 2 is 1.07 bits per heavy atom. The standard InChI is InChI=1S/C12H26NO3PS.C12H25NO3S2.2O3S/c1-10(2)17(15,16)8-7-13-12(14)6-5-9-18-11(3)4;1-10(2)17-8-5-6-12(14)13-7-9-18(15,16)11(3)4;2*1-4(2)3/h10-11H,5-9H2,1-4H3,(H,13,14)(H,15,16);10-11H,5-9H2,1-4H3,(H,13,14);;. The number of hydrogen-bond donors (Lipinski definition) is 3. The van der Waals surface area contributed by atoms with Gasteiger partial charge in [-0.25, -0.2) is 8.42 Å². The second kappa shape index (κ2) is 29.4. The number of thioether (sulfide) groups is 2. The molecule has 0 aromatic carbocycles. The van der Waals surface area contributed by atoms with Crippen molar-refractivity contribution in [1.29, 1.82) is 0 Å². The molecule has 0 heterocycles. The maximum absolute atomic E-state index is 11.6. The van der Waals surface area contributed by atoms with Gasteiger partial charge in [0.15, 0.2) is 9.84 Å². The second-order valence-corrected chi connectivity index (χ2v) is 20.0. The molecule has 0 aromatic rings. The summed E-state index contributed by atoms with van der Waals surface area (Å²) in [4.78, 5) is 32.5. The largest absolute Gasteiger partial charge is 0.425 e. The van der Waals surface area contributed by atoms with Gasteiger partial charge in [0, 0.05) is 37.8 Å². The summed E-state index contributed by atoms with van der Waals surface area (Å²) in [5, 5.41) is 6.16. The molecule has 264 valence electrons. The van der Waals surface area contributed by atoms with Gasteiger partial charge in [0.1, 0.15) is 0 Å². The molecular formula is C24H51N2O12PS5. The van der Waals surface area contributed by atoms with Crippen LogP contribution in [-0.4, -0.2) is 108 Å². The van der Waals surface area contributed by atoms with Gasteiger partial charge in [-0.2, -0.15) is 23.5 Å². The number of carbonyl (C=O) groups is 2. The molecule has 0 spiro atoms. The first kappa shape index (κ1) is 49.9. The minimum Gasteiger partial charge on any atom is -0.356 e. The second-order valence-electron chi connectivity index (χ2n) is 10.1. The highest BCUT2D eigenvalue weighted by atomic mass is 32.2. The average Bonchev–Trinajstić information content (AvgIpc) is 2.83. The van der Waals surface area contributed by atoms with E-state index in [1.165, 1.54) is 0 Å². The van der Waals surface area contributed by atoms with E-state index in [4.69, 9.17) is 25.3 Å². The molecule has 0 aliphatic rings. The van der Waals surface area contributed by atoms with Crippen molar-refractivity contribution in [2.45, 2.75) is 102 Å². The minimum absolute atomic E-state index is 0.0249. The highest BCUT2D eigenvalue weighted by Crippen LogP contribution is 2.44. The topological polar surface area (TPSA) is 232 Å². The van der Waals surface area contributed by atoms with Crippen molar-refractivity contribution in [2.24, 2.45) is 0 Å². The van der Waals surface area contributed by atoms with E-state index in [1.807, 2.05) is 23.5 Å². The van der Waals surface area contributed by atoms with Crippen LogP contribution < -0.4 is 10.6 Å². The summed E-state index contributed by atoms with van der Waals surface area (Å²) in [6, 6.07) is 0. The maximum Gasteiger partial charge on any atom is 0.425 e. The molecule has 0 fully saturated rings. The molecule has 0 aliphatic heterocycles. The van der Waals surface area contributed by atoms with Crippen LogP contribution >= 0.6 is 30.9 Å². The number of sulfone groups is 1. The molecule has 0 saturated heterocycles. The predicted molar refractivity (Wildman–Crippen MR) is 178 cm³/mol. The quantitative estimate of drug-likeness (QED) is 0.135. The van der Waals surface area contributed by atoms with Crippen molar-refractivity contribution >= 4 is 73.8 Å². The minimum atomic E-state index is -3.11. The lowest BCUT2D eigenvalue weighted by atomic mass is 10.3. The zero-order chi connectivity index (χ0) is 35.5. The third kappa shape index (κ3) is 43.1. The normalized spacial score (nSPS) is 12.1. The van der Waals surface area contributed by atoms with Gasteiger partial charge in [0.25, 0.3) is 0 Å². The Balaban J connectivity index is -0.000000292. The van der Waals surface area contributed by atoms with E-state index in [9.17, 15) is 27.5 Å². The van der Waals surface area contributed by atoms with Crippen LogP contribution in [0.4, 0.5) is 0 Å². The van der Waals surface area contributed by atoms with Crippen LogP contribution in [-0.2, 0) is 45.2 Å². The number of rotatable bonds is 18. The summed E-state index contributed by atoms with van der Waals surface area (Å²) in [6.07, 6.45) is 2.83. The molecule has 0 aliphatic carbocycles. The summed E-state index contributed by atoms with van der Waals surface area (Å²) in [7, 11) is -12.4. The predicted octanol–water partition coefficient (Wildman–Crippen LogP) is 2.54. The van der Waals surface area contributed by atoms with E-state index < -0.39 is 38.4 Å². The van der Waals surface area contributed by atoms with Crippen molar-refractivity contribution in [3.05, 3.63) is 0 Å². The van der Waals surface area contributed by atoms with Crippen molar-refractivity contribution in [1.82, 2.24) is 10.6 Å². The fourth-order valence-corrected chi connectivity index (χ4v) is 5.83. The van der Waals surface area contributed by atoms with E-state index in [-0.39, 0.29) is 41.2 Å². The van der Waals surface area contributed by atoms with Crippen molar-refractivity contribution in [2.75, 3.05) is 36.5 Å². The molecular weight excluding hydrogens is 700 g/mol. The SMILES string of the molecule is CC(C)SCCCC(=O)NCCP(=O)(O)C(C)C.CC(C)SCCCC(=O)NCCS(=O)(=O)C(C)C.O=S(=O)=O.O=S(=O)=O. The summed E-state index contributed by atoms with van der Waals surface area (Å²) in [6.45, 7) is 15.8. The van der Waals surface area contributed by atoms with Crippen LogP contribution in [0.25, 0.3) is 0 Å². The first-order valence-corrected chi connectivity index (χ1v) is 21.5. The third-order valence-electron chi connectivity index (χ3n) is 4.99. The zero-order valence-corrected chi connectivity index (χ0v) is 31.8. The highest BCUT2D eigenvalue weighted by molar-refractivity contribution is 8.00. The van der Waals surface area contributed by atoms with Gasteiger partial charge in [-0.15, -0.1) is 25.3 Å². The smallest absolute Gasteiger partial charge is 0.356 e. The van der Waals surface area contributed by atoms with Crippen LogP contribution in [0.15, 0.2) is 0 Å². The number of hydrogen-bond acceptors (Lipinski definition) is 13. The fraction of sp³-hybridized carbons (Fsp3) is 0.917. The molecule has 1 unspecified atom stereocenters. The number of amides is 2. The summed E-state index contributed by atoms with van der Waals surface area (Å²) in [5.41, 5.74) is -0.239. The number of carbonyl (C=O) groups excluding carboxylic acids is 2. The van der Waals surface area contributed by atoms with Crippen LogP contribution in [0.5, 0.6) is 0 Å². The van der Waals surface area contributed by atoms with E-state index >= 15 is 0 Å². The highest BCUT2D eigenvalue weighted by Gasteiger charge is 2.22. The fourth-order valence-electron chi connectivity index (χ4n) is 2.46. The van der Waals surface area contributed by atoms with Crippen LogP contribution in [0.1, 0.15) is 81.1 Å². The molecule has 0 aromatic heterocycles. The van der Waals surface area contributed by atoms with Gasteiger partial charge in [0.2, 0.25) is 19.2 Å². The lowest BCUT2D eigenvalue weighted by Crippen LogP contribution is -2.31. The summed E-state index contributed by atoms with van der Waals surface area (Å²) >= 11 is 3.67. The van der Waals surface area contributed by atoms with Crippen molar-refractivity contribution in [3.63, 3.8) is 0 Å². The van der Waals surface area contributed by atoms with E-state index in [0.717, 1.165) is 24.3 Å². The average molecular weight is 751 g/mol. The molecule has 1 atom stereocenters. The molecule has 0 radical (unpaired) electrons. The molecule has 0 rings (SSSR count). The Bertz CT molecular complexity index is 1120. The number of nitrogens with one attached hydrogen (secondary N) is 2. The van der Waals surface area contributed by atoms with Gasteiger partial charge in [-0.1, -0.05) is 41.5 Å². The Labute approximate surface area is 274 Å². The monoisotopic (exact) mass is 750 g/mol. The van der Waals surface area contributed by atoms with Crippen molar-refractivity contribution in [3.8, 4) is 0 Å². The molecule has 44 heavy (non-hydrogen) atoms. The third-order valence-corrected chi connectivity index (χ3v) is 12.1. The molecule has 2 amide bonds. The van der Waals surface area contributed by atoms with Gasteiger partial charge >= 0.3 is 21.2 Å². The first-order valence-electron chi connectivity index (χ1n) is 13.8. The van der Waals surface area contributed by atoms with Gasteiger partial charge < -0.3 is 15.5 Å². The molecule has 14 nitrogen and oxygen atoms in total. The summed E-state index contributed by atoms with van der Waals surface area (Å²) < 4.78 is 85.3. The maximum atomic E-state index is 11.6. The van der Waals surface area contributed by atoms with Crippen LogP contribution in [0.3, 0.4) is 0 Å². The zero-order valence-electron chi connectivity index (χ0n) is 26.8. The Kier molecular flexibility index (Phi) is 33.4. The van der Waals surface area contributed by atoms with E-state index in [0.29, 0.717) is 29.9 Å². The van der Waals surface area contributed by atoms with Crippen LogP contribution in [0.2, 0.25) is 0 Å². The molecule has 20 heteroatoms. The van der Waals surface area contributed by atoms with Crippen molar-refractivity contribution < 1.29 is 52.7 Å². The Morgan fingerprint density at radius 3 is 1.36 bits per heavy atom. The van der Waals surface area contributed by atoms with Crippen LogP contribution in [0, 0.1) is 0 Å². The van der Waals surface area contributed by atoms with Gasteiger partial charge in [-0.3, -0.25) is 14.2 Å². The Morgan fingerprint density at radius 1 is 0.727 bits per heavy atom. The molecule has 0 bridgehead atoms. The Hall–Kier alpha value is -0.980. The van der Waals surface area contributed by atoms with E-state index in [2.05, 4.69) is 38.3 Å². The lowest BCUT2D eigenvalue weighted by Gasteiger charge is -2.15. The first-order chi connectivity index (χ1) is 20.0.